The first kappa shape index (κ1) is 22.2. The SMILES string of the molecule is [B]C(CC)(CCC)c1c(F)c(F)c(F)c(F)c1-c1c(F)c(F)c(F)c(F)c1F. The molecule has 2 rings (SSSR count). The Morgan fingerprint density at radius 3 is 1.32 bits per heavy atom. The Morgan fingerprint density at radius 1 is 0.571 bits per heavy atom. The van der Waals surface area contributed by atoms with E-state index in [0.29, 0.717) is 0 Å². The van der Waals surface area contributed by atoms with Crippen molar-refractivity contribution in [3.05, 3.63) is 57.9 Å². The van der Waals surface area contributed by atoms with E-state index in [0.717, 1.165) is 0 Å². The molecular weight excluding hydrogens is 398 g/mol. The van der Waals surface area contributed by atoms with Gasteiger partial charge in [-0.1, -0.05) is 33.1 Å². The van der Waals surface area contributed by atoms with Crippen LogP contribution in [0.2, 0.25) is 0 Å². The van der Waals surface area contributed by atoms with Gasteiger partial charge in [-0.25, -0.2) is 39.5 Å². The molecule has 0 heterocycles. The molecule has 0 fully saturated rings. The van der Waals surface area contributed by atoms with Crippen LogP contribution in [0.25, 0.3) is 11.1 Å². The van der Waals surface area contributed by atoms with Gasteiger partial charge in [0.2, 0.25) is 5.82 Å². The smallest absolute Gasteiger partial charge is 0.200 e. The summed E-state index contributed by atoms with van der Waals surface area (Å²) in [6.45, 7) is 2.89. The number of halogens is 9. The van der Waals surface area contributed by atoms with E-state index in [1.54, 1.807) is 6.92 Å². The molecule has 2 radical (unpaired) electrons. The zero-order valence-electron chi connectivity index (χ0n) is 14.6. The average Bonchev–Trinajstić information content (AvgIpc) is 2.67. The number of rotatable bonds is 5. The van der Waals surface area contributed by atoms with Crippen molar-refractivity contribution < 1.29 is 39.5 Å². The van der Waals surface area contributed by atoms with Crippen LogP contribution in [-0.4, -0.2) is 7.85 Å². The number of hydrogen-bond donors (Lipinski definition) is 0. The van der Waals surface area contributed by atoms with Crippen LogP contribution in [-0.2, 0) is 5.31 Å². The third kappa shape index (κ3) is 3.16. The molecule has 10 heteroatoms. The standard InChI is InChI=1S/C18H12BF9/c1-3-5-18(19,4-2)8-6(9(20)13(24)16(27)12(8)23)7-10(21)14(25)17(28)15(26)11(7)22/h3-5H2,1-2H3. The van der Waals surface area contributed by atoms with Crippen molar-refractivity contribution in [1.82, 2.24) is 0 Å². The fourth-order valence-corrected chi connectivity index (χ4v) is 3.08. The van der Waals surface area contributed by atoms with Gasteiger partial charge < -0.3 is 0 Å². The Kier molecular flexibility index (Phi) is 6.11. The maximum absolute atomic E-state index is 14.6. The molecule has 2 aromatic rings. The molecule has 0 aliphatic heterocycles. The second-order valence-electron chi connectivity index (χ2n) is 6.21. The van der Waals surface area contributed by atoms with E-state index in [4.69, 9.17) is 7.85 Å². The molecule has 1 atom stereocenters. The van der Waals surface area contributed by atoms with Gasteiger partial charge >= 0.3 is 0 Å². The lowest BCUT2D eigenvalue weighted by atomic mass is 9.58. The molecule has 0 amide bonds. The fraction of sp³-hybridized carbons (Fsp3) is 0.333. The van der Waals surface area contributed by atoms with Crippen LogP contribution < -0.4 is 0 Å². The van der Waals surface area contributed by atoms with Crippen molar-refractivity contribution in [2.24, 2.45) is 0 Å². The van der Waals surface area contributed by atoms with E-state index in [9.17, 15) is 39.5 Å². The van der Waals surface area contributed by atoms with E-state index in [-0.39, 0.29) is 19.3 Å². The molecule has 2 aromatic carbocycles. The van der Waals surface area contributed by atoms with Crippen LogP contribution in [0.3, 0.4) is 0 Å². The largest absolute Gasteiger partial charge is 0.203 e. The minimum Gasteiger partial charge on any atom is -0.203 e. The maximum Gasteiger partial charge on any atom is 0.200 e. The first-order valence-electron chi connectivity index (χ1n) is 8.11. The van der Waals surface area contributed by atoms with Crippen LogP contribution in [0, 0.1) is 52.4 Å². The third-order valence-corrected chi connectivity index (χ3v) is 4.55. The van der Waals surface area contributed by atoms with Crippen LogP contribution in [0.4, 0.5) is 39.5 Å². The predicted molar refractivity (Wildman–Crippen MR) is 84.1 cm³/mol. The van der Waals surface area contributed by atoms with E-state index in [1.165, 1.54) is 6.92 Å². The van der Waals surface area contributed by atoms with E-state index in [2.05, 4.69) is 0 Å². The van der Waals surface area contributed by atoms with Crippen molar-refractivity contribution in [1.29, 1.82) is 0 Å². The lowest BCUT2D eigenvalue weighted by molar-refractivity contribution is 0.375. The number of hydrogen-bond acceptors (Lipinski definition) is 0. The molecule has 0 saturated heterocycles. The average molecular weight is 410 g/mol. The minimum atomic E-state index is -2.55. The first-order chi connectivity index (χ1) is 12.9. The molecule has 0 aliphatic rings. The normalized spacial score (nSPS) is 13.7. The van der Waals surface area contributed by atoms with E-state index >= 15 is 0 Å². The molecule has 0 N–H and O–H groups in total. The van der Waals surface area contributed by atoms with Gasteiger partial charge in [0.05, 0.1) is 13.4 Å². The molecule has 0 aliphatic carbocycles. The Bertz CT molecular complexity index is 913. The summed E-state index contributed by atoms with van der Waals surface area (Å²) in [5.41, 5.74) is -4.79. The summed E-state index contributed by atoms with van der Waals surface area (Å²) in [5, 5.41) is -1.98. The Balaban J connectivity index is 3.14. The molecular formula is C18H12BF9. The summed E-state index contributed by atoms with van der Waals surface area (Å²) in [6, 6.07) is 0. The highest BCUT2D eigenvalue weighted by Gasteiger charge is 2.39. The van der Waals surface area contributed by atoms with Crippen LogP contribution >= 0.6 is 0 Å². The van der Waals surface area contributed by atoms with Gasteiger partial charge in [-0.2, -0.15) is 0 Å². The van der Waals surface area contributed by atoms with Crippen LogP contribution in [0.1, 0.15) is 38.7 Å². The zero-order chi connectivity index (χ0) is 21.5. The minimum absolute atomic E-state index is 0.187. The van der Waals surface area contributed by atoms with Crippen molar-refractivity contribution >= 4 is 7.85 Å². The molecule has 150 valence electrons. The van der Waals surface area contributed by atoms with Crippen molar-refractivity contribution in [2.45, 2.75) is 38.4 Å². The fourth-order valence-electron chi connectivity index (χ4n) is 3.08. The molecule has 0 nitrogen and oxygen atoms in total. The van der Waals surface area contributed by atoms with Crippen molar-refractivity contribution in [3.63, 3.8) is 0 Å². The molecule has 28 heavy (non-hydrogen) atoms. The van der Waals surface area contributed by atoms with Crippen LogP contribution in [0.15, 0.2) is 0 Å². The van der Waals surface area contributed by atoms with E-state index < -0.39 is 74.4 Å². The predicted octanol–water partition coefficient (Wildman–Crippen LogP) is 6.18. The molecule has 0 aromatic heterocycles. The van der Waals surface area contributed by atoms with Gasteiger partial charge in [-0.15, -0.1) is 0 Å². The van der Waals surface area contributed by atoms with Gasteiger partial charge in [-0.3, -0.25) is 0 Å². The van der Waals surface area contributed by atoms with E-state index in [1.807, 2.05) is 0 Å². The zero-order valence-corrected chi connectivity index (χ0v) is 14.6. The second-order valence-corrected chi connectivity index (χ2v) is 6.21. The third-order valence-electron chi connectivity index (χ3n) is 4.55. The summed E-state index contributed by atoms with van der Waals surface area (Å²) in [6.07, 6.45) is -0.237. The Morgan fingerprint density at radius 2 is 0.929 bits per heavy atom. The van der Waals surface area contributed by atoms with Crippen LogP contribution in [0.5, 0.6) is 0 Å². The topological polar surface area (TPSA) is 0 Å². The monoisotopic (exact) mass is 410 g/mol. The highest BCUT2D eigenvalue weighted by molar-refractivity contribution is 6.16. The van der Waals surface area contributed by atoms with Crippen molar-refractivity contribution in [2.75, 3.05) is 0 Å². The van der Waals surface area contributed by atoms with Gasteiger partial charge in [0, 0.05) is 5.56 Å². The van der Waals surface area contributed by atoms with Gasteiger partial charge in [0.1, 0.15) is 0 Å². The summed E-state index contributed by atoms with van der Waals surface area (Å²) >= 11 is 0. The second kappa shape index (κ2) is 7.71. The Hall–Kier alpha value is -2.13. The number of benzene rings is 2. The Labute approximate surface area is 155 Å². The molecule has 0 saturated carbocycles. The summed E-state index contributed by atoms with van der Waals surface area (Å²) in [5.74, 6) is -21.7. The first-order valence-corrected chi connectivity index (χ1v) is 8.11. The maximum atomic E-state index is 14.6. The molecule has 0 bridgehead atoms. The molecule has 0 spiro atoms. The lowest BCUT2D eigenvalue weighted by Crippen LogP contribution is -2.30. The van der Waals surface area contributed by atoms with Gasteiger partial charge in [-0.05, 0) is 10.9 Å². The summed E-state index contributed by atoms with van der Waals surface area (Å²) in [4.78, 5) is 0. The van der Waals surface area contributed by atoms with Gasteiger partial charge in [0.15, 0.2) is 46.5 Å². The summed E-state index contributed by atoms with van der Waals surface area (Å²) < 4.78 is 126. The quantitative estimate of drug-likeness (QED) is 0.239. The van der Waals surface area contributed by atoms with Crippen molar-refractivity contribution in [3.8, 4) is 11.1 Å². The summed E-state index contributed by atoms with van der Waals surface area (Å²) in [7, 11) is 5.96. The van der Waals surface area contributed by atoms with Gasteiger partial charge in [0.25, 0.3) is 0 Å². The lowest BCUT2D eigenvalue weighted by Gasteiger charge is -2.32. The molecule has 1 unspecified atom stereocenters. The highest BCUT2D eigenvalue weighted by Crippen LogP contribution is 2.44. The highest BCUT2D eigenvalue weighted by atomic mass is 19.2.